The van der Waals surface area contributed by atoms with Gasteiger partial charge in [-0.15, -0.1) is 0 Å². The third kappa shape index (κ3) is 5.69. The molecule has 56 valence electrons. The Bertz CT molecular complexity index is 66.1. The van der Waals surface area contributed by atoms with Crippen molar-refractivity contribution in [2.45, 2.75) is 38.7 Å². The summed E-state index contributed by atoms with van der Waals surface area (Å²) in [4.78, 5) is 0. The summed E-state index contributed by atoms with van der Waals surface area (Å²) in [5, 5.41) is 8.74. The minimum absolute atomic E-state index is 0.381. The molecule has 0 aliphatic rings. The summed E-state index contributed by atoms with van der Waals surface area (Å²) in [6, 6.07) is 0. The third-order valence-corrected chi connectivity index (χ3v) is 1.07. The first-order valence-electron chi connectivity index (χ1n) is 3.13. The average Bonchev–Trinajstić information content (AvgIpc) is 1.63. The number of hydrogen-bond donors (Lipinski definition) is 1. The fraction of sp³-hybridized carbons (Fsp3) is 1.00. The second-order valence-corrected chi connectivity index (χ2v) is 2.07. The Morgan fingerprint density at radius 2 is 2.00 bits per heavy atom. The first-order valence-corrected chi connectivity index (χ1v) is 3.13. The van der Waals surface area contributed by atoms with Gasteiger partial charge in [0.2, 0.25) is 6.43 Å². The van der Waals surface area contributed by atoms with E-state index >= 15 is 0 Å². The average molecular weight is 138 g/mol. The zero-order chi connectivity index (χ0) is 7.28. The summed E-state index contributed by atoms with van der Waals surface area (Å²) in [7, 11) is 0. The molecule has 0 aliphatic heterocycles. The molecule has 0 aliphatic carbocycles. The summed E-state index contributed by atoms with van der Waals surface area (Å²) in [5.74, 6) is 0. The molecular weight excluding hydrogens is 126 g/mol. The van der Waals surface area contributed by atoms with E-state index in [1.165, 1.54) is 0 Å². The van der Waals surface area contributed by atoms with Gasteiger partial charge in [0.25, 0.3) is 0 Å². The number of aliphatic hydroxyl groups is 1. The fourth-order valence-corrected chi connectivity index (χ4v) is 0.657. The molecule has 0 saturated heterocycles. The maximum Gasteiger partial charge on any atom is 0.241 e. The standard InChI is InChI=1S/C6H12F2O/c1-2-3-5(9)4-6(7)8/h5-6,9H,2-4H2,1H3. The van der Waals surface area contributed by atoms with Crippen molar-refractivity contribution in [3.8, 4) is 0 Å². The largest absolute Gasteiger partial charge is 0.393 e. The molecule has 9 heavy (non-hydrogen) atoms. The Morgan fingerprint density at radius 1 is 1.44 bits per heavy atom. The summed E-state index contributed by atoms with van der Waals surface area (Å²) >= 11 is 0. The lowest BCUT2D eigenvalue weighted by Crippen LogP contribution is -2.10. The molecule has 0 spiro atoms. The van der Waals surface area contributed by atoms with E-state index < -0.39 is 12.5 Å². The third-order valence-electron chi connectivity index (χ3n) is 1.07. The van der Waals surface area contributed by atoms with Crippen molar-refractivity contribution in [2.24, 2.45) is 0 Å². The highest BCUT2D eigenvalue weighted by atomic mass is 19.3. The van der Waals surface area contributed by atoms with Crippen molar-refractivity contribution in [3.63, 3.8) is 0 Å². The molecule has 1 nitrogen and oxygen atoms in total. The quantitative estimate of drug-likeness (QED) is 0.628. The molecule has 0 radical (unpaired) electrons. The van der Waals surface area contributed by atoms with Crippen LogP contribution in [0.5, 0.6) is 0 Å². The number of aliphatic hydroxyl groups excluding tert-OH is 1. The van der Waals surface area contributed by atoms with Gasteiger partial charge in [0, 0.05) is 6.42 Å². The van der Waals surface area contributed by atoms with Crippen molar-refractivity contribution in [1.29, 1.82) is 0 Å². The second-order valence-electron chi connectivity index (χ2n) is 2.07. The van der Waals surface area contributed by atoms with Crippen LogP contribution >= 0.6 is 0 Å². The van der Waals surface area contributed by atoms with Gasteiger partial charge in [0.15, 0.2) is 0 Å². The summed E-state index contributed by atoms with van der Waals surface area (Å²) in [6.07, 6.45) is -2.33. The van der Waals surface area contributed by atoms with Crippen molar-refractivity contribution in [3.05, 3.63) is 0 Å². The highest BCUT2D eigenvalue weighted by Gasteiger charge is 2.09. The molecule has 3 heteroatoms. The Labute approximate surface area is 53.7 Å². The Morgan fingerprint density at radius 3 is 2.33 bits per heavy atom. The van der Waals surface area contributed by atoms with Crippen LogP contribution in [-0.2, 0) is 0 Å². The molecule has 1 N–H and O–H groups in total. The van der Waals surface area contributed by atoms with Crippen molar-refractivity contribution < 1.29 is 13.9 Å². The van der Waals surface area contributed by atoms with Gasteiger partial charge in [0.05, 0.1) is 6.10 Å². The van der Waals surface area contributed by atoms with Crippen molar-refractivity contribution in [1.82, 2.24) is 0 Å². The lowest BCUT2D eigenvalue weighted by atomic mass is 10.1. The fourth-order valence-electron chi connectivity index (χ4n) is 0.657. The molecule has 0 bridgehead atoms. The molecular formula is C6H12F2O. The lowest BCUT2D eigenvalue weighted by molar-refractivity contribution is 0.0570. The molecule has 0 aromatic rings. The van der Waals surface area contributed by atoms with E-state index in [4.69, 9.17) is 5.11 Å². The zero-order valence-corrected chi connectivity index (χ0v) is 5.48. The van der Waals surface area contributed by atoms with E-state index in [2.05, 4.69) is 0 Å². The normalized spacial score (nSPS) is 14.3. The van der Waals surface area contributed by atoms with Crippen LogP contribution < -0.4 is 0 Å². The zero-order valence-electron chi connectivity index (χ0n) is 5.48. The Kier molecular flexibility index (Phi) is 4.58. The maximum absolute atomic E-state index is 11.4. The first kappa shape index (κ1) is 8.82. The Hall–Kier alpha value is -0.180. The van der Waals surface area contributed by atoms with Crippen molar-refractivity contribution >= 4 is 0 Å². The highest BCUT2D eigenvalue weighted by molar-refractivity contribution is 4.54. The molecule has 0 aromatic carbocycles. The van der Waals surface area contributed by atoms with Crippen LogP contribution in [0.4, 0.5) is 8.78 Å². The number of alkyl halides is 2. The van der Waals surface area contributed by atoms with Crippen LogP contribution in [0.2, 0.25) is 0 Å². The number of hydrogen-bond acceptors (Lipinski definition) is 1. The van der Waals surface area contributed by atoms with E-state index in [9.17, 15) is 8.78 Å². The second kappa shape index (κ2) is 4.68. The SMILES string of the molecule is CCCC(O)CC(F)F. The minimum atomic E-state index is -2.37. The van der Waals surface area contributed by atoms with Crippen LogP contribution in [0.3, 0.4) is 0 Å². The van der Waals surface area contributed by atoms with E-state index in [1.54, 1.807) is 0 Å². The van der Waals surface area contributed by atoms with Crippen LogP contribution in [0.1, 0.15) is 26.2 Å². The van der Waals surface area contributed by atoms with Gasteiger partial charge in [-0.1, -0.05) is 13.3 Å². The van der Waals surface area contributed by atoms with Gasteiger partial charge in [0.1, 0.15) is 0 Å². The summed E-state index contributed by atoms with van der Waals surface area (Å²) in [5.41, 5.74) is 0. The lowest BCUT2D eigenvalue weighted by Gasteiger charge is -2.06. The van der Waals surface area contributed by atoms with Crippen molar-refractivity contribution in [2.75, 3.05) is 0 Å². The maximum atomic E-state index is 11.4. The van der Waals surface area contributed by atoms with Crippen LogP contribution in [0, 0.1) is 0 Å². The van der Waals surface area contributed by atoms with Gasteiger partial charge >= 0.3 is 0 Å². The van der Waals surface area contributed by atoms with Gasteiger partial charge in [-0.2, -0.15) is 0 Å². The van der Waals surface area contributed by atoms with Gasteiger partial charge < -0.3 is 5.11 Å². The van der Waals surface area contributed by atoms with Gasteiger partial charge in [-0.25, -0.2) is 8.78 Å². The van der Waals surface area contributed by atoms with Gasteiger partial charge in [-0.3, -0.25) is 0 Å². The van der Waals surface area contributed by atoms with Gasteiger partial charge in [-0.05, 0) is 6.42 Å². The number of halogens is 2. The topological polar surface area (TPSA) is 20.2 Å². The van der Waals surface area contributed by atoms with E-state index in [-0.39, 0.29) is 6.42 Å². The molecule has 0 amide bonds. The molecule has 0 rings (SSSR count). The highest BCUT2D eigenvalue weighted by Crippen LogP contribution is 2.07. The summed E-state index contributed by atoms with van der Waals surface area (Å²) < 4.78 is 22.9. The molecule has 0 heterocycles. The molecule has 1 atom stereocenters. The number of rotatable bonds is 4. The minimum Gasteiger partial charge on any atom is -0.393 e. The molecule has 0 aromatic heterocycles. The van der Waals surface area contributed by atoms with E-state index in [1.807, 2.05) is 6.92 Å². The monoisotopic (exact) mass is 138 g/mol. The predicted octanol–water partition coefficient (Wildman–Crippen LogP) is 1.80. The molecule has 1 unspecified atom stereocenters. The van der Waals surface area contributed by atoms with E-state index in [0.29, 0.717) is 6.42 Å². The Balaban J connectivity index is 3.15. The molecule has 0 saturated carbocycles. The van der Waals surface area contributed by atoms with Crippen LogP contribution in [-0.4, -0.2) is 17.6 Å². The smallest absolute Gasteiger partial charge is 0.241 e. The predicted molar refractivity (Wildman–Crippen MR) is 31.5 cm³/mol. The first-order chi connectivity index (χ1) is 4.16. The van der Waals surface area contributed by atoms with E-state index in [0.717, 1.165) is 6.42 Å². The summed E-state index contributed by atoms with van der Waals surface area (Å²) in [6.45, 7) is 1.86. The van der Waals surface area contributed by atoms with Crippen LogP contribution in [0.15, 0.2) is 0 Å². The molecule has 0 fully saturated rings. The van der Waals surface area contributed by atoms with Crippen LogP contribution in [0.25, 0.3) is 0 Å².